The number of nitrogens with zero attached hydrogens (tertiary/aromatic N) is 4. The van der Waals surface area contributed by atoms with E-state index in [9.17, 15) is 24.3 Å². The molecule has 2 aliphatic carbocycles. The molecule has 63 heavy (non-hydrogen) atoms. The first kappa shape index (κ1) is 40.4. The molecule has 4 fully saturated rings. The number of carboxylic acid groups (broad SMARTS) is 1. The molecule has 14 heteroatoms. The fourth-order valence-corrected chi connectivity index (χ4v) is 10.2. The number of amides is 4. The van der Waals surface area contributed by atoms with Gasteiger partial charge in [0.05, 0.1) is 30.6 Å². The summed E-state index contributed by atoms with van der Waals surface area (Å²) in [6.07, 6.45) is 5.57. The van der Waals surface area contributed by atoms with Crippen LogP contribution in [0.5, 0.6) is 0 Å². The fraction of sp³-hybridized carbons (Fsp3) is 0.388. The molecule has 4 amide bonds. The summed E-state index contributed by atoms with van der Waals surface area (Å²) < 4.78 is 4.81. The number of ether oxygens (including phenoxy) is 1. The normalized spacial score (nSPS) is 23.2. The standard InChI is InChI=1S/C49H52N8O6/c1-24(2)42(54-48(60)61)46(58)56-38-18-34(38)20-40(56)44-50-22-36(52-44)32-12-10-28-14-26(6-8-30(28)16-32)27-7-9-31-17-33(13-11-29(31)15-27)37-23-51-45(53-37)41-21-35-19-39(35)57(41)47(59)43(25(3)4)55-49(62)63-5/h6-17,22-25,34-35,38-43,54H,18-21H2,1-5H3,(H,50,52)(H,51,53)(H,55,62)(H,60,61)/t34-,35-,38-,39-,40+,41+,42+,43+/m1/s1. The Labute approximate surface area is 364 Å². The lowest BCUT2D eigenvalue weighted by Crippen LogP contribution is -2.52. The lowest BCUT2D eigenvalue weighted by atomic mass is 9.97. The SMILES string of the molecule is COC(=O)N[C@H](C(=O)N1[C@@H]2C[C@@H]2C[C@H]1c1nc(-c2ccc3cc(-c4ccc5cc(-c6c[nH]c([C@@H]7C[C@H]8C[C@H]8N7C(=O)[C@@H](NC(=O)O)C(C)C)n6)ccc5c4)ccc3c2)c[nH]1)C(C)C. The van der Waals surface area contributed by atoms with Crippen molar-refractivity contribution in [2.45, 2.75) is 89.6 Å². The van der Waals surface area contributed by atoms with Gasteiger partial charge in [0.2, 0.25) is 11.8 Å². The van der Waals surface area contributed by atoms with E-state index in [4.69, 9.17) is 14.7 Å². The number of methoxy groups -OCH3 is 1. The number of alkyl carbamates (subject to hydrolysis) is 1. The predicted octanol–water partition coefficient (Wildman–Crippen LogP) is 8.44. The van der Waals surface area contributed by atoms with Crippen molar-refractivity contribution in [1.29, 1.82) is 0 Å². The van der Waals surface area contributed by atoms with Crippen molar-refractivity contribution in [2.24, 2.45) is 23.7 Å². The molecule has 2 saturated carbocycles. The molecule has 10 rings (SSSR count). The molecule has 2 saturated heterocycles. The van der Waals surface area contributed by atoms with Gasteiger partial charge in [-0.3, -0.25) is 9.59 Å². The van der Waals surface area contributed by atoms with Crippen LogP contribution in [0.2, 0.25) is 0 Å². The monoisotopic (exact) mass is 848 g/mol. The van der Waals surface area contributed by atoms with Crippen LogP contribution >= 0.6 is 0 Å². The minimum atomic E-state index is -1.20. The van der Waals surface area contributed by atoms with Crippen molar-refractivity contribution < 1.29 is 29.0 Å². The molecule has 8 atom stereocenters. The van der Waals surface area contributed by atoms with E-state index in [2.05, 4.69) is 93.4 Å². The molecule has 2 aromatic heterocycles. The van der Waals surface area contributed by atoms with Gasteiger partial charge in [0, 0.05) is 35.6 Å². The Hall–Kier alpha value is -6.70. The second-order valence-corrected chi connectivity index (χ2v) is 18.5. The van der Waals surface area contributed by atoms with E-state index in [1.54, 1.807) is 0 Å². The largest absolute Gasteiger partial charge is 0.465 e. The third kappa shape index (κ3) is 7.44. The number of aromatic amines is 2. The number of hydrogen-bond acceptors (Lipinski definition) is 7. The van der Waals surface area contributed by atoms with Crippen LogP contribution in [0, 0.1) is 23.7 Å². The van der Waals surface area contributed by atoms with Crippen molar-refractivity contribution in [3.63, 3.8) is 0 Å². The van der Waals surface area contributed by atoms with Gasteiger partial charge in [-0.2, -0.15) is 0 Å². The first-order valence-electron chi connectivity index (χ1n) is 22.0. The van der Waals surface area contributed by atoms with Crippen LogP contribution in [0.1, 0.15) is 77.1 Å². The van der Waals surface area contributed by atoms with Crippen LogP contribution in [0.15, 0.2) is 85.2 Å². The number of hydrogen-bond donors (Lipinski definition) is 5. The van der Waals surface area contributed by atoms with Crippen molar-refractivity contribution >= 4 is 45.5 Å². The van der Waals surface area contributed by atoms with Gasteiger partial charge in [0.15, 0.2) is 0 Å². The van der Waals surface area contributed by atoms with Crippen LogP contribution in [-0.4, -0.2) is 90.1 Å². The molecule has 324 valence electrons. The number of carbonyl (C=O) groups is 4. The average Bonchev–Trinajstić information content (AvgIpc) is 3.86. The van der Waals surface area contributed by atoms with Crippen molar-refractivity contribution in [3.8, 4) is 33.6 Å². The summed E-state index contributed by atoms with van der Waals surface area (Å²) in [7, 11) is 1.30. The maximum absolute atomic E-state index is 13.9. The van der Waals surface area contributed by atoms with E-state index < -0.39 is 24.3 Å². The minimum Gasteiger partial charge on any atom is -0.465 e. The van der Waals surface area contributed by atoms with Gasteiger partial charge in [-0.15, -0.1) is 0 Å². The van der Waals surface area contributed by atoms with Gasteiger partial charge < -0.3 is 40.2 Å². The predicted molar refractivity (Wildman–Crippen MR) is 238 cm³/mol. The van der Waals surface area contributed by atoms with Crippen LogP contribution in [-0.2, 0) is 14.3 Å². The zero-order valence-corrected chi connectivity index (χ0v) is 36.0. The summed E-state index contributed by atoms with van der Waals surface area (Å²) >= 11 is 0. The molecule has 6 aromatic rings. The van der Waals surface area contributed by atoms with E-state index in [0.29, 0.717) is 11.8 Å². The summed E-state index contributed by atoms with van der Waals surface area (Å²) in [5.74, 6) is 1.78. The topological polar surface area (TPSA) is 186 Å². The Morgan fingerprint density at radius 3 is 1.41 bits per heavy atom. The molecule has 14 nitrogen and oxygen atoms in total. The number of imidazole rings is 2. The van der Waals surface area contributed by atoms with E-state index in [1.807, 2.05) is 49.9 Å². The lowest BCUT2D eigenvalue weighted by molar-refractivity contribution is -0.137. The van der Waals surface area contributed by atoms with Gasteiger partial charge in [-0.05, 0) is 106 Å². The van der Waals surface area contributed by atoms with Crippen LogP contribution in [0.25, 0.3) is 55.2 Å². The van der Waals surface area contributed by atoms with E-state index in [1.165, 1.54) is 7.11 Å². The molecular formula is C49H52N8O6. The Bertz CT molecular complexity index is 2790. The number of piperidine rings is 2. The Kier molecular flexibility index (Phi) is 9.99. The summed E-state index contributed by atoms with van der Waals surface area (Å²) in [6.45, 7) is 7.56. The van der Waals surface area contributed by atoms with E-state index in [0.717, 1.165) is 92.5 Å². The number of carbonyl (C=O) groups excluding carboxylic acids is 3. The Morgan fingerprint density at radius 1 is 0.619 bits per heavy atom. The van der Waals surface area contributed by atoms with Gasteiger partial charge >= 0.3 is 12.2 Å². The quantitative estimate of drug-likeness (QED) is 0.0860. The van der Waals surface area contributed by atoms with Crippen molar-refractivity contribution in [2.75, 3.05) is 7.11 Å². The number of fused-ring (bicyclic) bond motifs is 4. The molecule has 2 aliphatic heterocycles. The summed E-state index contributed by atoms with van der Waals surface area (Å²) in [5, 5.41) is 19.0. The van der Waals surface area contributed by atoms with Crippen molar-refractivity contribution in [1.82, 2.24) is 40.4 Å². The van der Waals surface area contributed by atoms with Crippen LogP contribution in [0.4, 0.5) is 9.59 Å². The molecule has 0 radical (unpaired) electrons. The smallest absolute Gasteiger partial charge is 0.407 e. The van der Waals surface area contributed by atoms with Crippen LogP contribution < -0.4 is 10.6 Å². The first-order chi connectivity index (χ1) is 30.3. The fourth-order valence-electron chi connectivity index (χ4n) is 10.2. The molecule has 0 bridgehead atoms. The number of nitrogens with one attached hydrogen (secondary N) is 4. The van der Waals surface area contributed by atoms with Crippen LogP contribution in [0.3, 0.4) is 0 Å². The minimum absolute atomic E-state index is 0.0981. The number of rotatable bonds is 11. The number of benzene rings is 4. The molecule has 0 spiro atoms. The summed E-state index contributed by atoms with van der Waals surface area (Å²) in [4.78, 5) is 71.6. The highest BCUT2D eigenvalue weighted by atomic mass is 16.5. The average molecular weight is 849 g/mol. The van der Waals surface area contributed by atoms with Crippen molar-refractivity contribution in [3.05, 3.63) is 96.8 Å². The van der Waals surface area contributed by atoms with Gasteiger partial charge in [0.1, 0.15) is 23.7 Å². The summed E-state index contributed by atoms with van der Waals surface area (Å²) in [5.41, 5.74) is 5.78. The van der Waals surface area contributed by atoms with E-state index in [-0.39, 0.29) is 47.8 Å². The molecule has 4 aliphatic rings. The highest BCUT2D eigenvalue weighted by Gasteiger charge is 2.57. The summed E-state index contributed by atoms with van der Waals surface area (Å²) in [6, 6.07) is 24.1. The maximum Gasteiger partial charge on any atom is 0.407 e. The Morgan fingerprint density at radius 2 is 1.02 bits per heavy atom. The number of aromatic nitrogens is 4. The maximum atomic E-state index is 13.9. The molecule has 0 unspecified atom stereocenters. The van der Waals surface area contributed by atoms with Gasteiger partial charge in [-0.25, -0.2) is 19.6 Å². The number of H-pyrrole nitrogens is 2. The lowest BCUT2D eigenvalue weighted by Gasteiger charge is -2.31. The highest BCUT2D eigenvalue weighted by Crippen LogP contribution is 2.54. The third-order valence-corrected chi connectivity index (χ3v) is 13.8. The molecule has 4 aromatic carbocycles. The zero-order chi connectivity index (χ0) is 43.8. The van der Waals surface area contributed by atoms with Gasteiger partial charge in [0.25, 0.3) is 0 Å². The second kappa shape index (κ2) is 15.6. The molecule has 5 N–H and O–H groups in total. The third-order valence-electron chi connectivity index (χ3n) is 13.8. The van der Waals surface area contributed by atoms with E-state index >= 15 is 0 Å². The Balaban J connectivity index is 0.837. The second-order valence-electron chi connectivity index (χ2n) is 18.5. The highest BCUT2D eigenvalue weighted by molar-refractivity contribution is 5.94. The molecular weight excluding hydrogens is 797 g/mol. The molecule has 4 heterocycles. The number of likely N-dealkylation sites (tertiary alicyclic amines) is 2. The zero-order valence-electron chi connectivity index (χ0n) is 36.0. The first-order valence-corrected chi connectivity index (χ1v) is 22.0. The van der Waals surface area contributed by atoms with Gasteiger partial charge in [-0.1, -0.05) is 76.2 Å².